The second-order valence-electron chi connectivity index (χ2n) is 7.29. The van der Waals surface area contributed by atoms with Crippen molar-refractivity contribution in [3.63, 3.8) is 0 Å². The van der Waals surface area contributed by atoms with Crippen molar-refractivity contribution >= 4 is 12.7 Å². The van der Waals surface area contributed by atoms with Crippen molar-refractivity contribution in [2.45, 2.75) is 52.2 Å². The fraction of sp³-hybridized carbons (Fsp3) is 0.500. The van der Waals surface area contributed by atoms with Gasteiger partial charge in [0, 0.05) is 0 Å². The van der Waals surface area contributed by atoms with E-state index in [1.165, 1.54) is 0 Å². The van der Waals surface area contributed by atoms with Gasteiger partial charge < -0.3 is 14.0 Å². The number of aryl methyl sites for hydroxylation is 1. The minimum atomic E-state index is -1.02. The van der Waals surface area contributed by atoms with E-state index in [4.69, 9.17) is 20.5 Å². The summed E-state index contributed by atoms with van der Waals surface area (Å²) >= 11 is 0. The Hall–Kier alpha value is -1.61. The predicted molar refractivity (Wildman–Crippen MR) is 99.6 cm³/mol. The third-order valence-corrected chi connectivity index (χ3v) is 4.80. The van der Waals surface area contributed by atoms with Gasteiger partial charge in [0.05, 0.1) is 17.8 Å². The van der Waals surface area contributed by atoms with Crippen LogP contribution < -0.4 is 0 Å². The molecular formula is C20H26BFO3. The first-order chi connectivity index (χ1) is 11.7. The van der Waals surface area contributed by atoms with Crippen molar-refractivity contribution in [2.24, 2.45) is 0 Å². The van der Waals surface area contributed by atoms with Gasteiger partial charge in [0.2, 0.25) is 0 Å². The number of hydrogen-bond acceptors (Lipinski definition) is 3. The van der Waals surface area contributed by atoms with Crippen LogP contribution in [0.25, 0.3) is 5.57 Å². The Kier molecular flexibility index (Phi) is 6.10. The van der Waals surface area contributed by atoms with Crippen molar-refractivity contribution in [3.8, 4) is 12.3 Å². The van der Waals surface area contributed by atoms with Gasteiger partial charge in [0.1, 0.15) is 12.3 Å². The molecule has 25 heavy (non-hydrogen) atoms. The lowest BCUT2D eigenvalue weighted by atomic mass is 9.81. The number of ether oxygens (including phenoxy) is 1. The summed E-state index contributed by atoms with van der Waals surface area (Å²) < 4.78 is 32.4. The van der Waals surface area contributed by atoms with E-state index in [2.05, 4.69) is 5.92 Å². The Morgan fingerprint density at radius 1 is 1.24 bits per heavy atom. The van der Waals surface area contributed by atoms with Crippen LogP contribution in [0.2, 0.25) is 0 Å². The number of rotatable bonds is 6. The second kappa shape index (κ2) is 7.74. The largest absolute Gasteiger partial charge is 0.525 e. The van der Waals surface area contributed by atoms with Crippen molar-refractivity contribution in [1.82, 2.24) is 0 Å². The molecule has 0 aromatic heterocycles. The third kappa shape index (κ3) is 4.52. The van der Waals surface area contributed by atoms with E-state index in [-0.39, 0.29) is 6.61 Å². The molecule has 1 aromatic rings. The number of terminal acetylenes is 1. The topological polar surface area (TPSA) is 27.7 Å². The van der Waals surface area contributed by atoms with Gasteiger partial charge in [-0.15, -0.1) is 6.42 Å². The summed E-state index contributed by atoms with van der Waals surface area (Å²) in [4.78, 5) is 0. The fourth-order valence-electron chi connectivity index (χ4n) is 2.63. The van der Waals surface area contributed by atoms with Crippen LogP contribution in [0, 0.1) is 19.3 Å². The summed E-state index contributed by atoms with van der Waals surface area (Å²) in [6.45, 7) is 10.1. The highest BCUT2D eigenvalue weighted by atomic mass is 19.1. The summed E-state index contributed by atoms with van der Waals surface area (Å²) in [6, 6.07) is 7.71. The van der Waals surface area contributed by atoms with Gasteiger partial charge >= 0.3 is 7.12 Å². The number of benzene rings is 1. The zero-order valence-electron chi connectivity index (χ0n) is 15.7. The normalized spacial score (nSPS) is 19.5. The summed E-state index contributed by atoms with van der Waals surface area (Å²) in [7, 11) is -1.02. The molecule has 5 heteroatoms. The standard InChI is InChI=1S/C20H26BFO3/c1-7-12-23-13-11-17(16-10-8-9-15(2)14-16)18(22)21-24-19(3,4)20(5,6)25-21/h1,8-10,14H,11-13H2,2-6H3. The molecule has 1 heterocycles. The first-order valence-electron chi connectivity index (χ1n) is 8.50. The summed E-state index contributed by atoms with van der Waals surface area (Å²) in [6.07, 6.45) is 5.58. The molecule has 0 aliphatic carbocycles. The van der Waals surface area contributed by atoms with Gasteiger partial charge in [-0.25, -0.2) is 4.39 Å². The number of halogens is 1. The maximum Gasteiger partial charge on any atom is 0.525 e. The quantitative estimate of drug-likeness (QED) is 0.436. The molecule has 134 valence electrons. The average Bonchev–Trinajstić information content (AvgIpc) is 2.75. The lowest BCUT2D eigenvalue weighted by Gasteiger charge is -2.32. The van der Waals surface area contributed by atoms with E-state index in [1.54, 1.807) is 0 Å². The monoisotopic (exact) mass is 344 g/mol. The molecule has 0 amide bonds. The zero-order chi connectivity index (χ0) is 18.7. The molecule has 0 spiro atoms. The van der Waals surface area contributed by atoms with Crippen LogP contribution in [0.5, 0.6) is 0 Å². The summed E-state index contributed by atoms with van der Waals surface area (Å²) in [5, 5.41) is 0. The van der Waals surface area contributed by atoms with E-state index in [0.29, 0.717) is 18.6 Å². The van der Waals surface area contributed by atoms with Crippen LogP contribution in [-0.4, -0.2) is 31.5 Å². The molecule has 1 aliphatic rings. The molecule has 0 saturated carbocycles. The highest BCUT2D eigenvalue weighted by molar-refractivity contribution is 6.55. The smallest absolute Gasteiger partial charge is 0.398 e. The van der Waals surface area contributed by atoms with E-state index in [1.807, 2.05) is 58.9 Å². The molecule has 3 nitrogen and oxygen atoms in total. The van der Waals surface area contributed by atoms with Gasteiger partial charge in [-0.2, -0.15) is 0 Å². The van der Waals surface area contributed by atoms with Crippen molar-refractivity contribution in [3.05, 3.63) is 41.1 Å². The number of hydrogen-bond donors (Lipinski definition) is 0. The highest BCUT2D eigenvalue weighted by Crippen LogP contribution is 2.40. The lowest BCUT2D eigenvalue weighted by Crippen LogP contribution is -2.41. The van der Waals surface area contributed by atoms with Crippen LogP contribution in [0.4, 0.5) is 4.39 Å². The molecule has 0 bridgehead atoms. The van der Waals surface area contributed by atoms with Crippen molar-refractivity contribution in [2.75, 3.05) is 13.2 Å². The molecular weight excluding hydrogens is 318 g/mol. The molecule has 1 fully saturated rings. The van der Waals surface area contributed by atoms with Crippen LogP contribution in [-0.2, 0) is 14.0 Å². The molecule has 1 aliphatic heterocycles. The van der Waals surface area contributed by atoms with Crippen molar-refractivity contribution < 1.29 is 18.4 Å². The maximum absolute atomic E-state index is 15.3. The molecule has 0 unspecified atom stereocenters. The van der Waals surface area contributed by atoms with Gasteiger partial charge in [0.15, 0.2) is 0 Å². The maximum atomic E-state index is 15.3. The third-order valence-electron chi connectivity index (χ3n) is 4.80. The highest BCUT2D eigenvalue weighted by Gasteiger charge is 2.53. The molecule has 0 N–H and O–H groups in total. The predicted octanol–water partition coefficient (Wildman–Crippen LogP) is 4.35. The van der Waals surface area contributed by atoms with Gasteiger partial charge in [-0.05, 0) is 52.2 Å². The Morgan fingerprint density at radius 3 is 2.44 bits per heavy atom. The average molecular weight is 344 g/mol. The van der Waals surface area contributed by atoms with E-state index in [9.17, 15) is 0 Å². The molecule has 1 aromatic carbocycles. The zero-order valence-corrected chi connectivity index (χ0v) is 15.7. The van der Waals surface area contributed by atoms with E-state index in [0.717, 1.165) is 11.1 Å². The fourth-order valence-corrected chi connectivity index (χ4v) is 2.63. The van der Waals surface area contributed by atoms with Gasteiger partial charge in [-0.1, -0.05) is 35.7 Å². The Labute approximate surface area is 150 Å². The summed E-state index contributed by atoms with van der Waals surface area (Å²) in [5.74, 6) is 2.41. The molecule has 2 rings (SSSR count). The van der Waals surface area contributed by atoms with Gasteiger partial charge in [-0.3, -0.25) is 0 Å². The first-order valence-corrected chi connectivity index (χ1v) is 8.50. The van der Waals surface area contributed by atoms with Crippen molar-refractivity contribution in [1.29, 1.82) is 0 Å². The Balaban J connectivity index is 2.33. The lowest BCUT2D eigenvalue weighted by molar-refractivity contribution is 0.00578. The Bertz CT molecular complexity index is 672. The van der Waals surface area contributed by atoms with Crippen LogP contribution in [0.3, 0.4) is 0 Å². The van der Waals surface area contributed by atoms with Crippen LogP contribution in [0.1, 0.15) is 45.2 Å². The summed E-state index contributed by atoms with van der Waals surface area (Å²) in [5.41, 5.74) is 0.796. The molecule has 0 atom stereocenters. The van der Waals surface area contributed by atoms with E-state index >= 15 is 4.39 Å². The Morgan fingerprint density at radius 2 is 1.88 bits per heavy atom. The minimum Gasteiger partial charge on any atom is -0.398 e. The SMILES string of the molecule is C#CCOCCC(=C(F)B1OC(C)(C)C(C)(C)O1)c1cccc(C)c1. The second-order valence-corrected chi connectivity index (χ2v) is 7.29. The van der Waals surface area contributed by atoms with E-state index < -0.39 is 24.0 Å². The van der Waals surface area contributed by atoms with Crippen LogP contribution in [0.15, 0.2) is 30.0 Å². The molecule has 1 saturated heterocycles. The molecule has 0 radical (unpaired) electrons. The van der Waals surface area contributed by atoms with Gasteiger partial charge in [0.25, 0.3) is 0 Å². The van der Waals surface area contributed by atoms with Crippen LogP contribution >= 0.6 is 0 Å². The minimum absolute atomic E-state index is 0.208. The first kappa shape index (κ1) is 19.7.